The summed E-state index contributed by atoms with van der Waals surface area (Å²) in [4.78, 5) is 34.3. The second-order valence-corrected chi connectivity index (χ2v) is 10.7. The minimum atomic E-state index is -0.541. The lowest BCUT2D eigenvalue weighted by Crippen LogP contribution is -2.55. The number of aromatic nitrogens is 2. The predicted molar refractivity (Wildman–Crippen MR) is 135 cm³/mol. The molecule has 36 heavy (non-hydrogen) atoms. The van der Waals surface area contributed by atoms with Crippen LogP contribution in [0.5, 0.6) is 0 Å². The van der Waals surface area contributed by atoms with Gasteiger partial charge in [-0.3, -0.25) is 24.2 Å². The van der Waals surface area contributed by atoms with E-state index in [4.69, 9.17) is 4.99 Å². The minimum absolute atomic E-state index is 0.0578. The van der Waals surface area contributed by atoms with Crippen LogP contribution in [0.3, 0.4) is 0 Å². The lowest BCUT2D eigenvalue weighted by atomic mass is 9.97. The summed E-state index contributed by atoms with van der Waals surface area (Å²) in [5, 5.41) is 14.6. The van der Waals surface area contributed by atoms with Gasteiger partial charge in [0.05, 0.1) is 24.9 Å². The van der Waals surface area contributed by atoms with Gasteiger partial charge in [0.25, 0.3) is 5.91 Å². The molecule has 3 heterocycles. The molecular formula is C28H29N5O3. The number of fused-ring (bicyclic) bond motifs is 1. The number of benzene rings is 2. The Morgan fingerprint density at radius 1 is 1.03 bits per heavy atom. The highest BCUT2D eigenvalue weighted by Crippen LogP contribution is 2.46. The van der Waals surface area contributed by atoms with Crippen LogP contribution in [0.25, 0.3) is 22.0 Å². The molecule has 2 amide bonds. The van der Waals surface area contributed by atoms with Crippen LogP contribution < -0.4 is 0 Å². The number of amides is 2. The number of likely N-dealkylation sites (tertiary alicyclic amines) is 1. The van der Waals surface area contributed by atoms with Crippen molar-refractivity contribution in [3.63, 3.8) is 0 Å². The Labute approximate surface area is 209 Å². The van der Waals surface area contributed by atoms with Crippen LogP contribution in [-0.4, -0.2) is 74.1 Å². The van der Waals surface area contributed by atoms with Gasteiger partial charge in [-0.25, -0.2) is 0 Å². The van der Waals surface area contributed by atoms with E-state index in [1.54, 1.807) is 0 Å². The summed E-state index contributed by atoms with van der Waals surface area (Å²) in [7, 11) is 0. The molecule has 8 nitrogen and oxygen atoms in total. The lowest BCUT2D eigenvalue weighted by molar-refractivity contribution is -0.139. The molecule has 2 aliphatic heterocycles. The molecule has 4 aliphatic rings. The number of hydrogen-bond acceptors (Lipinski definition) is 5. The number of hydrogen-bond donors (Lipinski definition) is 1. The first-order chi connectivity index (χ1) is 17.5. The van der Waals surface area contributed by atoms with Gasteiger partial charge in [0.15, 0.2) is 0 Å². The number of aliphatic hydroxyl groups excluding tert-OH is 1. The topological polar surface area (TPSA) is 91.0 Å². The van der Waals surface area contributed by atoms with E-state index in [0.29, 0.717) is 24.9 Å². The van der Waals surface area contributed by atoms with Crippen molar-refractivity contribution in [1.82, 2.24) is 19.6 Å². The molecule has 1 spiro atoms. The van der Waals surface area contributed by atoms with Crippen molar-refractivity contribution in [3.05, 3.63) is 54.2 Å². The molecule has 0 unspecified atom stereocenters. The zero-order chi connectivity index (χ0) is 24.4. The van der Waals surface area contributed by atoms with Gasteiger partial charge in [-0.2, -0.15) is 5.10 Å². The first kappa shape index (κ1) is 21.7. The Balaban J connectivity index is 1.10. The Bertz CT molecular complexity index is 1390. The molecule has 0 radical (unpaired) electrons. The third-order valence-electron chi connectivity index (χ3n) is 8.01. The van der Waals surface area contributed by atoms with Crippen molar-refractivity contribution in [2.45, 2.75) is 37.8 Å². The largest absolute Gasteiger partial charge is 0.394 e. The predicted octanol–water partition coefficient (Wildman–Crippen LogP) is 2.69. The molecule has 1 aromatic heterocycles. The lowest BCUT2D eigenvalue weighted by Gasteiger charge is -2.41. The van der Waals surface area contributed by atoms with E-state index in [-0.39, 0.29) is 18.4 Å². The van der Waals surface area contributed by atoms with Gasteiger partial charge in [0, 0.05) is 42.4 Å². The van der Waals surface area contributed by atoms with E-state index in [0.717, 1.165) is 72.2 Å². The summed E-state index contributed by atoms with van der Waals surface area (Å²) < 4.78 is 1.81. The van der Waals surface area contributed by atoms with Gasteiger partial charge in [0.2, 0.25) is 5.91 Å². The van der Waals surface area contributed by atoms with Crippen molar-refractivity contribution in [3.8, 4) is 11.1 Å². The summed E-state index contributed by atoms with van der Waals surface area (Å²) in [5.41, 5.74) is 3.59. The molecule has 1 saturated heterocycles. The average Bonchev–Trinajstić information content (AvgIpc) is 3.79. The first-order valence-electron chi connectivity index (χ1n) is 12.9. The Morgan fingerprint density at radius 2 is 1.75 bits per heavy atom. The van der Waals surface area contributed by atoms with Gasteiger partial charge in [0.1, 0.15) is 11.4 Å². The zero-order valence-electron chi connectivity index (χ0n) is 20.1. The standard InChI is InChI=1S/C28H29N5O3/c34-12-11-33-24-8-7-22(13-23(24)14-29-33)19-1-3-20(4-2-19)25-30-28(9-10-28)27(36)32(25)17-18-15-31(16-18)26(35)21-5-6-21/h1-4,7-8,13-14,18,21,34H,5-6,9-12,15-17H2. The monoisotopic (exact) mass is 483 g/mol. The maximum absolute atomic E-state index is 13.3. The number of amidine groups is 1. The normalized spacial score (nSPS) is 20.8. The second-order valence-electron chi connectivity index (χ2n) is 10.7. The number of nitrogens with zero attached hydrogens (tertiary/aromatic N) is 5. The first-order valence-corrected chi connectivity index (χ1v) is 12.9. The van der Waals surface area contributed by atoms with Gasteiger partial charge in [-0.05, 0) is 48.9 Å². The van der Waals surface area contributed by atoms with Gasteiger partial charge < -0.3 is 10.0 Å². The third-order valence-corrected chi connectivity index (χ3v) is 8.01. The van der Waals surface area contributed by atoms with Crippen molar-refractivity contribution >= 4 is 28.6 Å². The van der Waals surface area contributed by atoms with Crippen LogP contribution in [0.15, 0.2) is 53.7 Å². The summed E-state index contributed by atoms with van der Waals surface area (Å²) in [5.74, 6) is 1.76. The fourth-order valence-corrected chi connectivity index (χ4v) is 5.56. The molecule has 3 aromatic rings. The molecule has 2 aromatic carbocycles. The van der Waals surface area contributed by atoms with Crippen molar-refractivity contribution in [2.75, 3.05) is 26.2 Å². The maximum Gasteiger partial charge on any atom is 0.256 e. The van der Waals surface area contributed by atoms with Crippen molar-refractivity contribution < 1.29 is 14.7 Å². The van der Waals surface area contributed by atoms with Gasteiger partial charge >= 0.3 is 0 Å². The molecule has 1 N–H and O–H groups in total. The van der Waals surface area contributed by atoms with E-state index < -0.39 is 5.54 Å². The molecule has 184 valence electrons. The van der Waals surface area contributed by atoms with E-state index in [1.807, 2.05) is 26.7 Å². The van der Waals surface area contributed by atoms with Crippen LogP contribution >= 0.6 is 0 Å². The van der Waals surface area contributed by atoms with E-state index in [1.165, 1.54) is 0 Å². The van der Waals surface area contributed by atoms with Crippen LogP contribution in [0.2, 0.25) is 0 Å². The number of carbonyl (C=O) groups is 2. The Kier molecular flexibility index (Phi) is 4.83. The quantitative estimate of drug-likeness (QED) is 0.560. The number of aliphatic imine (C=N–C) groups is 1. The number of carbonyl (C=O) groups excluding carboxylic acids is 2. The highest BCUT2D eigenvalue weighted by molar-refractivity contribution is 6.16. The molecule has 3 fully saturated rings. The summed E-state index contributed by atoms with van der Waals surface area (Å²) >= 11 is 0. The SMILES string of the molecule is O=C(C1CC1)N1CC(CN2C(=O)C3(CC3)N=C2c2ccc(-c3ccc4c(cnn4CCO)c3)cc2)C1. The number of aliphatic hydroxyl groups is 1. The highest BCUT2D eigenvalue weighted by Gasteiger charge is 2.57. The fourth-order valence-electron chi connectivity index (χ4n) is 5.56. The van der Waals surface area contributed by atoms with Crippen molar-refractivity contribution in [1.29, 1.82) is 0 Å². The van der Waals surface area contributed by atoms with E-state index >= 15 is 0 Å². The molecular weight excluding hydrogens is 454 g/mol. The molecule has 8 heteroatoms. The Morgan fingerprint density at radius 3 is 2.44 bits per heavy atom. The maximum atomic E-state index is 13.3. The Hall–Kier alpha value is -3.52. The molecule has 0 bridgehead atoms. The summed E-state index contributed by atoms with van der Waals surface area (Å²) in [6.07, 6.45) is 5.53. The smallest absolute Gasteiger partial charge is 0.256 e. The van der Waals surface area contributed by atoms with Crippen LogP contribution in [-0.2, 0) is 16.1 Å². The second kappa shape index (κ2) is 8.00. The fraction of sp³-hybridized carbons (Fsp3) is 0.429. The van der Waals surface area contributed by atoms with E-state index in [2.05, 4.69) is 41.5 Å². The van der Waals surface area contributed by atoms with Crippen LogP contribution in [0, 0.1) is 11.8 Å². The highest BCUT2D eigenvalue weighted by atomic mass is 16.3. The molecule has 2 saturated carbocycles. The average molecular weight is 484 g/mol. The number of rotatable bonds is 7. The minimum Gasteiger partial charge on any atom is -0.394 e. The van der Waals surface area contributed by atoms with Gasteiger partial charge in [-0.1, -0.05) is 30.3 Å². The van der Waals surface area contributed by atoms with Crippen LogP contribution in [0.4, 0.5) is 0 Å². The zero-order valence-corrected chi connectivity index (χ0v) is 20.1. The van der Waals surface area contributed by atoms with Crippen LogP contribution in [0.1, 0.15) is 31.2 Å². The molecule has 0 atom stereocenters. The third kappa shape index (κ3) is 3.54. The molecule has 2 aliphatic carbocycles. The van der Waals surface area contributed by atoms with Gasteiger partial charge in [-0.15, -0.1) is 0 Å². The molecule has 7 rings (SSSR count). The summed E-state index contributed by atoms with van der Waals surface area (Å²) in [6.45, 7) is 2.66. The van der Waals surface area contributed by atoms with E-state index in [9.17, 15) is 14.7 Å². The summed E-state index contributed by atoms with van der Waals surface area (Å²) in [6, 6.07) is 14.5. The van der Waals surface area contributed by atoms with Crippen molar-refractivity contribution in [2.24, 2.45) is 16.8 Å².